The van der Waals surface area contributed by atoms with Crippen LogP contribution in [-0.2, 0) is 11.2 Å². The monoisotopic (exact) mass is 403 g/mol. The maximum atomic E-state index is 12.6. The van der Waals surface area contributed by atoms with E-state index in [1.807, 2.05) is 23.1 Å². The molecule has 0 radical (unpaired) electrons. The van der Waals surface area contributed by atoms with E-state index in [1.165, 1.54) is 0 Å². The van der Waals surface area contributed by atoms with Crippen LogP contribution < -0.4 is 0 Å². The molecule has 1 amide bonds. The van der Waals surface area contributed by atoms with Gasteiger partial charge in [0.15, 0.2) is 0 Å². The number of carbonyl (C=O) groups is 1. The Labute approximate surface area is 168 Å². The Morgan fingerprint density at radius 1 is 1.04 bits per heavy atom. The SMILES string of the molecule is O=C(Cc1cc(Cl)cc(Cl)c1)N1CCN(C2=NN3C=NCC=C3C=C2)CC1. The van der Waals surface area contributed by atoms with E-state index in [9.17, 15) is 4.79 Å². The minimum Gasteiger partial charge on any atom is -0.352 e. The number of rotatable bonds is 2. The van der Waals surface area contributed by atoms with Crippen LogP contribution in [0.2, 0.25) is 10.0 Å². The average molecular weight is 404 g/mol. The molecule has 1 saturated heterocycles. The highest BCUT2D eigenvalue weighted by atomic mass is 35.5. The molecule has 4 rings (SSSR count). The van der Waals surface area contributed by atoms with Gasteiger partial charge in [-0.15, -0.1) is 5.10 Å². The molecule has 140 valence electrons. The number of nitrogens with zero attached hydrogens (tertiary/aromatic N) is 5. The summed E-state index contributed by atoms with van der Waals surface area (Å²) in [6.07, 6.45) is 8.16. The molecule has 0 aliphatic carbocycles. The van der Waals surface area contributed by atoms with Gasteiger partial charge >= 0.3 is 0 Å². The first-order valence-electron chi connectivity index (χ1n) is 8.82. The summed E-state index contributed by atoms with van der Waals surface area (Å²) in [5.74, 6) is 0.983. The van der Waals surface area contributed by atoms with Crippen molar-refractivity contribution in [2.45, 2.75) is 6.42 Å². The molecule has 0 N–H and O–H groups in total. The number of amidine groups is 1. The van der Waals surface area contributed by atoms with Crippen molar-refractivity contribution in [2.24, 2.45) is 10.1 Å². The van der Waals surface area contributed by atoms with Gasteiger partial charge in [0, 0.05) is 36.2 Å². The molecular formula is C19H19Cl2N5O. The van der Waals surface area contributed by atoms with Gasteiger partial charge in [0.05, 0.1) is 18.7 Å². The highest BCUT2D eigenvalue weighted by molar-refractivity contribution is 6.34. The number of piperazine rings is 1. The number of amides is 1. The Hall–Kier alpha value is -2.31. The van der Waals surface area contributed by atoms with Gasteiger partial charge in [-0.1, -0.05) is 23.2 Å². The normalized spacial score (nSPS) is 19.0. The lowest BCUT2D eigenvalue weighted by atomic mass is 10.1. The van der Waals surface area contributed by atoms with Gasteiger partial charge in [0.25, 0.3) is 0 Å². The lowest BCUT2D eigenvalue weighted by molar-refractivity contribution is -0.131. The molecule has 0 spiro atoms. The van der Waals surface area contributed by atoms with Crippen LogP contribution >= 0.6 is 23.2 Å². The number of carbonyl (C=O) groups excluding carboxylic acids is 1. The zero-order valence-electron chi connectivity index (χ0n) is 14.7. The molecule has 0 unspecified atom stereocenters. The first kappa shape index (κ1) is 18.1. The summed E-state index contributed by atoms with van der Waals surface area (Å²) in [7, 11) is 0. The Morgan fingerprint density at radius 3 is 2.52 bits per heavy atom. The number of allylic oxidation sites excluding steroid dienone is 1. The molecule has 8 heteroatoms. The summed E-state index contributed by atoms with van der Waals surface area (Å²) in [6.45, 7) is 3.51. The van der Waals surface area contributed by atoms with Crippen LogP contribution in [0.25, 0.3) is 0 Å². The van der Waals surface area contributed by atoms with Gasteiger partial charge in [-0.2, -0.15) is 0 Å². The van der Waals surface area contributed by atoms with Crippen molar-refractivity contribution in [1.82, 2.24) is 14.8 Å². The van der Waals surface area contributed by atoms with E-state index in [0.717, 1.165) is 30.2 Å². The molecule has 1 aromatic carbocycles. The standard InChI is InChI=1S/C19H19Cl2N5O/c20-15-9-14(10-16(21)12-15)11-19(27)25-7-5-24(6-8-25)18-2-1-17-3-4-22-13-26(17)23-18/h1-3,9-10,12-13H,4-8,11H2. The van der Waals surface area contributed by atoms with Crippen LogP contribution in [-0.4, -0.2) is 65.6 Å². The van der Waals surface area contributed by atoms with Crippen LogP contribution in [0.1, 0.15) is 5.56 Å². The minimum absolute atomic E-state index is 0.0856. The van der Waals surface area contributed by atoms with E-state index in [4.69, 9.17) is 23.2 Å². The molecule has 27 heavy (non-hydrogen) atoms. The van der Waals surface area contributed by atoms with Crippen molar-refractivity contribution >= 4 is 41.3 Å². The lowest BCUT2D eigenvalue weighted by Gasteiger charge is -2.37. The van der Waals surface area contributed by atoms with E-state index in [1.54, 1.807) is 29.5 Å². The van der Waals surface area contributed by atoms with Crippen molar-refractivity contribution in [2.75, 3.05) is 32.7 Å². The summed E-state index contributed by atoms with van der Waals surface area (Å²) in [5, 5.41) is 7.51. The highest BCUT2D eigenvalue weighted by Gasteiger charge is 2.24. The first-order chi connectivity index (χ1) is 13.1. The highest BCUT2D eigenvalue weighted by Crippen LogP contribution is 2.20. The maximum absolute atomic E-state index is 12.6. The van der Waals surface area contributed by atoms with Crippen LogP contribution in [0.3, 0.4) is 0 Å². The third-order valence-corrected chi connectivity index (χ3v) is 5.15. The van der Waals surface area contributed by atoms with Gasteiger partial charge in [0.2, 0.25) is 5.91 Å². The van der Waals surface area contributed by atoms with Gasteiger partial charge in [-0.05, 0) is 42.0 Å². The van der Waals surface area contributed by atoms with E-state index in [-0.39, 0.29) is 5.91 Å². The molecule has 3 aliphatic rings. The molecule has 0 saturated carbocycles. The van der Waals surface area contributed by atoms with Crippen molar-refractivity contribution in [3.8, 4) is 0 Å². The number of fused-ring (bicyclic) bond motifs is 1. The van der Waals surface area contributed by atoms with Crippen LogP contribution in [0.4, 0.5) is 0 Å². The van der Waals surface area contributed by atoms with E-state index >= 15 is 0 Å². The number of aliphatic imine (C=N–C) groups is 1. The van der Waals surface area contributed by atoms with Crippen molar-refractivity contribution in [3.63, 3.8) is 0 Å². The van der Waals surface area contributed by atoms with Gasteiger partial charge in [0.1, 0.15) is 12.2 Å². The number of hydrazone groups is 1. The summed E-state index contributed by atoms with van der Waals surface area (Å²) >= 11 is 12.0. The zero-order valence-corrected chi connectivity index (χ0v) is 16.2. The number of hydrogen-bond donors (Lipinski definition) is 0. The number of hydrogen-bond acceptors (Lipinski definition) is 5. The lowest BCUT2D eigenvalue weighted by Crippen LogP contribution is -2.51. The average Bonchev–Trinajstić information content (AvgIpc) is 2.67. The minimum atomic E-state index is 0.0856. The Balaban J connectivity index is 1.35. The van der Waals surface area contributed by atoms with E-state index in [0.29, 0.717) is 36.1 Å². The topological polar surface area (TPSA) is 51.5 Å². The number of benzene rings is 1. The predicted molar refractivity (Wildman–Crippen MR) is 108 cm³/mol. The third-order valence-electron chi connectivity index (χ3n) is 4.71. The van der Waals surface area contributed by atoms with Crippen LogP contribution in [0, 0.1) is 0 Å². The fourth-order valence-electron chi connectivity index (χ4n) is 3.32. The third kappa shape index (κ3) is 4.17. The zero-order chi connectivity index (χ0) is 18.8. The van der Waals surface area contributed by atoms with Gasteiger partial charge in [-0.3, -0.25) is 9.79 Å². The summed E-state index contributed by atoms with van der Waals surface area (Å²) in [5.41, 5.74) is 1.88. The Bertz CT molecular complexity index is 849. The fourth-order valence-corrected chi connectivity index (χ4v) is 3.89. The molecule has 0 aromatic heterocycles. The van der Waals surface area contributed by atoms with Crippen LogP contribution in [0.15, 0.2) is 52.2 Å². The Morgan fingerprint density at radius 2 is 1.78 bits per heavy atom. The molecular weight excluding hydrogens is 385 g/mol. The smallest absolute Gasteiger partial charge is 0.227 e. The second kappa shape index (κ2) is 7.74. The Kier molecular flexibility index (Phi) is 5.18. The quantitative estimate of drug-likeness (QED) is 0.762. The summed E-state index contributed by atoms with van der Waals surface area (Å²) in [6, 6.07) is 5.24. The van der Waals surface area contributed by atoms with Gasteiger partial charge in [-0.25, -0.2) is 5.01 Å². The van der Waals surface area contributed by atoms with Crippen LogP contribution in [0.5, 0.6) is 0 Å². The summed E-state index contributed by atoms with van der Waals surface area (Å²) < 4.78 is 0. The molecule has 0 bridgehead atoms. The van der Waals surface area contributed by atoms with E-state index in [2.05, 4.69) is 15.0 Å². The first-order valence-corrected chi connectivity index (χ1v) is 9.58. The fraction of sp³-hybridized carbons (Fsp3) is 0.316. The second-order valence-corrected chi connectivity index (χ2v) is 7.44. The maximum Gasteiger partial charge on any atom is 0.227 e. The van der Waals surface area contributed by atoms with E-state index < -0.39 is 0 Å². The largest absolute Gasteiger partial charge is 0.352 e. The molecule has 6 nitrogen and oxygen atoms in total. The molecule has 3 aliphatic heterocycles. The van der Waals surface area contributed by atoms with Gasteiger partial charge < -0.3 is 9.80 Å². The summed E-state index contributed by atoms with van der Waals surface area (Å²) in [4.78, 5) is 20.9. The molecule has 1 aromatic rings. The molecule has 3 heterocycles. The van der Waals surface area contributed by atoms with Crippen molar-refractivity contribution < 1.29 is 4.79 Å². The number of halogens is 2. The van der Waals surface area contributed by atoms with Crippen molar-refractivity contribution in [3.05, 3.63) is 57.7 Å². The molecule has 1 fully saturated rings. The predicted octanol–water partition coefficient (Wildman–Crippen LogP) is 2.79. The molecule has 0 atom stereocenters. The second-order valence-electron chi connectivity index (χ2n) is 6.57. The van der Waals surface area contributed by atoms with Crippen molar-refractivity contribution in [1.29, 1.82) is 0 Å².